The van der Waals surface area contributed by atoms with E-state index in [1.165, 1.54) is 0 Å². The van der Waals surface area contributed by atoms with E-state index in [2.05, 4.69) is 0 Å². The van der Waals surface area contributed by atoms with Gasteiger partial charge in [0.05, 0.1) is 0 Å². The first kappa shape index (κ1) is 3.60. The van der Waals surface area contributed by atoms with Crippen molar-refractivity contribution < 1.29 is 4.39 Å². The molecule has 1 rings (SSSR count). The van der Waals surface area contributed by atoms with E-state index in [9.17, 15) is 4.39 Å². The van der Waals surface area contributed by atoms with Crippen LogP contribution in [0.4, 0.5) is 4.39 Å². The van der Waals surface area contributed by atoms with E-state index in [1.54, 1.807) is 6.07 Å². The second kappa shape index (κ2) is 0.729. The van der Waals surface area contributed by atoms with Crippen molar-refractivity contribution in [3.05, 3.63) is 0 Å². The zero-order valence-corrected chi connectivity index (χ0v) is 3.24. The third-order valence-corrected chi connectivity index (χ3v) is 0.889. The molecule has 0 heterocycles. The van der Waals surface area contributed by atoms with Gasteiger partial charge in [0.25, 0.3) is 0 Å². The first-order chi connectivity index (χ1) is 2.77. The van der Waals surface area contributed by atoms with Crippen LogP contribution in [0.25, 0.3) is 0 Å². The lowest BCUT2D eigenvalue weighted by atomic mass is 10.4. The van der Waals surface area contributed by atoms with Crippen LogP contribution < -0.4 is 0 Å². The Morgan fingerprint density at radius 1 is 1.67 bits per heavy atom. The number of hydrogen-bond acceptors (Lipinski definition) is 1. The minimum absolute atomic E-state index is 0.448. The van der Waals surface area contributed by atoms with E-state index in [1.807, 2.05) is 0 Å². The Labute approximate surface area is 35.4 Å². The average molecular weight is 85.1 g/mol. The largest absolute Gasteiger partial charge is 0.227 e. The Hall–Kier alpha value is -0.580. The van der Waals surface area contributed by atoms with Gasteiger partial charge in [0.1, 0.15) is 6.07 Å². The molecule has 0 radical (unpaired) electrons. The third kappa shape index (κ3) is 0.364. The molecule has 6 heavy (non-hydrogen) atoms. The molecular formula is C4H4FN. The zero-order valence-electron chi connectivity index (χ0n) is 3.24. The predicted molar refractivity (Wildman–Crippen MR) is 18.7 cm³/mol. The van der Waals surface area contributed by atoms with Crippen LogP contribution in [0.2, 0.25) is 0 Å². The zero-order chi connectivity index (χ0) is 4.62. The minimum Gasteiger partial charge on any atom is -0.227 e. The summed E-state index contributed by atoms with van der Waals surface area (Å²) in [5.41, 5.74) is -1.40. The number of nitriles is 1. The molecule has 1 nitrogen and oxygen atoms in total. The summed E-state index contributed by atoms with van der Waals surface area (Å²) in [7, 11) is 0. The fourth-order valence-corrected chi connectivity index (χ4v) is 0.222. The van der Waals surface area contributed by atoms with Gasteiger partial charge in [0, 0.05) is 0 Å². The molecule has 1 aliphatic carbocycles. The highest BCUT2D eigenvalue weighted by atomic mass is 19.1. The molecule has 1 saturated carbocycles. The summed E-state index contributed by atoms with van der Waals surface area (Å²) in [6, 6.07) is 1.55. The average Bonchev–Trinajstić information content (AvgIpc) is 2.22. The number of nitrogens with zero attached hydrogens (tertiary/aromatic N) is 1. The summed E-state index contributed by atoms with van der Waals surface area (Å²) in [5.74, 6) is 0. The molecule has 0 bridgehead atoms. The van der Waals surface area contributed by atoms with E-state index in [4.69, 9.17) is 5.26 Å². The van der Waals surface area contributed by atoms with E-state index in [0.29, 0.717) is 12.8 Å². The smallest absolute Gasteiger partial charge is 0.196 e. The first-order valence-electron chi connectivity index (χ1n) is 1.87. The van der Waals surface area contributed by atoms with Gasteiger partial charge in [0.2, 0.25) is 0 Å². The van der Waals surface area contributed by atoms with Gasteiger partial charge in [-0.2, -0.15) is 5.26 Å². The van der Waals surface area contributed by atoms with Gasteiger partial charge >= 0.3 is 0 Å². The minimum atomic E-state index is -1.40. The highest BCUT2D eigenvalue weighted by molar-refractivity contribution is 5.11. The molecule has 0 aliphatic heterocycles. The van der Waals surface area contributed by atoms with E-state index in [-0.39, 0.29) is 0 Å². The lowest BCUT2D eigenvalue weighted by Crippen LogP contribution is -1.88. The van der Waals surface area contributed by atoms with Crippen molar-refractivity contribution in [2.24, 2.45) is 0 Å². The summed E-state index contributed by atoms with van der Waals surface area (Å²) in [6.07, 6.45) is 0.896. The van der Waals surface area contributed by atoms with Crippen molar-refractivity contribution in [3.63, 3.8) is 0 Å². The van der Waals surface area contributed by atoms with Gasteiger partial charge in [-0.3, -0.25) is 0 Å². The van der Waals surface area contributed by atoms with Crippen LogP contribution in [0.5, 0.6) is 0 Å². The summed E-state index contributed by atoms with van der Waals surface area (Å²) in [6.45, 7) is 0. The molecule has 1 fully saturated rings. The Bertz CT molecular complexity index is 98.6. The fraction of sp³-hybridized carbons (Fsp3) is 0.750. The Kier molecular flexibility index (Phi) is 0.438. The molecule has 0 aromatic carbocycles. The standard InChI is InChI=1S/C4H4FN/c5-4(3-6)1-2-4/h1-2H2. The van der Waals surface area contributed by atoms with Gasteiger partial charge in [-0.05, 0) is 12.8 Å². The van der Waals surface area contributed by atoms with Gasteiger partial charge < -0.3 is 0 Å². The van der Waals surface area contributed by atoms with Crippen molar-refractivity contribution in [3.8, 4) is 6.07 Å². The maximum atomic E-state index is 11.9. The molecule has 0 amide bonds. The lowest BCUT2D eigenvalue weighted by Gasteiger charge is -1.77. The van der Waals surface area contributed by atoms with Crippen molar-refractivity contribution in [1.82, 2.24) is 0 Å². The van der Waals surface area contributed by atoms with Crippen molar-refractivity contribution in [2.45, 2.75) is 18.5 Å². The van der Waals surface area contributed by atoms with Crippen LogP contribution in [0.1, 0.15) is 12.8 Å². The number of alkyl halides is 1. The number of halogens is 1. The second-order valence-corrected chi connectivity index (χ2v) is 1.58. The molecule has 1 aliphatic rings. The summed E-state index contributed by atoms with van der Waals surface area (Å²) < 4.78 is 11.9. The molecule has 0 aromatic heterocycles. The highest BCUT2D eigenvalue weighted by Crippen LogP contribution is 2.38. The monoisotopic (exact) mass is 85.0 g/mol. The summed E-state index contributed by atoms with van der Waals surface area (Å²) in [5, 5.41) is 7.84. The number of rotatable bonds is 0. The molecule has 2 heteroatoms. The van der Waals surface area contributed by atoms with Crippen molar-refractivity contribution in [2.75, 3.05) is 0 Å². The Morgan fingerprint density at radius 2 is 2.17 bits per heavy atom. The van der Waals surface area contributed by atoms with Crippen LogP contribution in [-0.4, -0.2) is 5.67 Å². The SMILES string of the molecule is N#CC1(F)CC1. The molecule has 0 saturated heterocycles. The highest BCUT2D eigenvalue weighted by Gasteiger charge is 2.43. The molecule has 0 aromatic rings. The molecule has 0 N–H and O–H groups in total. The van der Waals surface area contributed by atoms with Crippen molar-refractivity contribution >= 4 is 0 Å². The maximum absolute atomic E-state index is 11.9. The topological polar surface area (TPSA) is 23.8 Å². The van der Waals surface area contributed by atoms with Gasteiger partial charge in [-0.15, -0.1) is 0 Å². The van der Waals surface area contributed by atoms with E-state index >= 15 is 0 Å². The van der Waals surface area contributed by atoms with Crippen LogP contribution in [0.3, 0.4) is 0 Å². The van der Waals surface area contributed by atoms with E-state index < -0.39 is 5.67 Å². The molecule has 32 valence electrons. The van der Waals surface area contributed by atoms with Crippen LogP contribution in [0.15, 0.2) is 0 Å². The van der Waals surface area contributed by atoms with Crippen LogP contribution >= 0.6 is 0 Å². The molecule has 0 atom stereocenters. The predicted octanol–water partition coefficient (Wildman–Crippen LogP) is 1.01. The fourth-order valence-electron chi connectivity index (χ4n) is 0.222. The normalized spacial score (nSPS) is 25.3. The Balaban J connectivity index is 2.54. The maximum Gasteiger partial charge on any atom is 0.196 e. The van der Waals surface area contributed by atoms with Gasteiger partial charge in [-0.25, -0.2) is 4.39 Å². The second-order valence-electron chi connectivity index (χ2n) is 1.58. The summed E-state index contributed by atoms with van der Waals surface area (Å²) >= 11 is 0. The van der Waals surface area contributed by atoms with E-state index in [0.717, 1.165) is 0 Å². The summed E-state index contributed by atoms with van der Waals surface area (Å²) in [4.78, 5) is 0. The first-order valence-corrected chi connectivity index (χ1v) is 1.87. The number of hydrogen-bond donors (Lipinski definition) is 0. The molecular weight excluding hydrogens is 81.0 g/mol. The third-order valence-electron chi connectivity index (χ3n) is 0.889. The quantitative estimate of drug-likeness (QED) is 0.430. The van der Waals surface area contributed by atoms with Gasteiger partial charge in [0.15, 0.2) is 5.67 Å². The van der Waals surface area contributed by atoms with Crippen LogP contribution in [0, 0.1) is 11.3 Å². The molecule has 0 spiro atoms. The van der Waals surface area contributed by atoms with Crippen molar-refractivity contribution in [1.29, 1.82) is 5.26 Å². The Morgan fingerprint density at radius 3 is 2.17 bits per heavy atom. The lowest BCUT2D eigenvalue weighted by molar-refractivity contribution is 0.390. The van der Waals surface area contributed by atoms with Gasteiger partial charge in [-0.1, -0.05) is 0 Å². The molecule has 0 unspecified atom stereocenters. The van der Waals surface area contributed by atoms with Crippen LogP contribution in [-0.2, 0) is 0 Å².